The first-order valence-electron chi connectivity index (χ1n) is 13.5. The Bertz CT molecular complexity index is 1710. The van der Waals surface area contributed by atoms with Crippen molar-refractivity contribution in [1.29, 1.82) is 10.5 Å². The summed E-state index contributed by atoms with van der Waals surface area (Å²) in [6.07, 6.45) is -9.34. The van der Waals surface area contributed by atoms with Crippen molar-refractivity contribution >= 4 is 40.6 Å². The Kier molecular flexibility index (Phi) is 14.3. The predicted octanol–water partition coefficient (Wildman–Crippen LogP) is 10.1. The molecule has 4 aromatic rings. The summed E-state index contributed by atoms with van der Waals surface area (Å²) in [5.41, 5.74) is -1.38. The van der Waals surface area contributed by atoms with Crippen LogP contribution in [0.25, 0.3) is 0 Å². The molecule has 0 aliphatic carbocycles. The maximum absolute atomic E-state index is 13.1. The number of benzene rings is 2. The van der Waals surface area contributed by atoms with Gasteiger partial charge in [-0.15, -0.1) is 0 Å². The first-order valence-corrected chi connectivity index (χ1v) is 14.6. The average molecular weight is 716 g/mol. The fourth-order valence-corrected chi connectivity index (χ4v) is 4.59. The van der Waals surface area contributed by atoms with Crippen LogP contribution >= 0.6 is 34.8 Å². The molecule has 0 amide bonds. The van der Waals surface area contributed by atoms with E-state index in [2.05, 4.69) is 46.5 Å². The Balaban J connectivity index is 0.000000271. The number of nitrogens with one attached hydrogen (secondary N) is 1. The van der Waals surface area contributed by atoms with Crippen molar-refractivity contribution in [2.75, 3.05) is 19.0 Å². The van der Waals surface area contributed by atoms with Crippen LogP contribution in [0.5, 0.6) is 0 Å². The number of alkyl halides is 6. The average Bonchev–Trinajstić information content (AvgIpc) is 3.03. The monoisotopic (exact) mass is 714 g/mol. The van der Waals surface area contributed by atoms with Crippen molar-refractivity contribution in [2.24, 2.45) is 0 Å². The Morgan fingerprint density at radius 3 is 1.57 bits per heavy atom. The van der Waals surface area contributed by atoms with E-state index in [1.54, 1.807) is 11.9 Å². The molecule has 248 valence electrons. The van der Waals surface area contributed by atoms with Crippen LogP contribution in [0.1, 0.15) is 59.3 Å². The molecule has 47 heavy (non-hydrogen) atoms. The minimum absolute atomic E-state index is 0.0534. The number of nitrogens with zero attached hydrogens (tertiary/aromatic N) is 5. The maximum atomic E-state index is 13.1. The van der Waals surface area contributed by atoms with E-state index < -0.39 is 50.1 Å². The minimum Gasteiger partial charge on any atom is -0.353 e. The number of hydrogen-bond donors (Lipinski definition) is 1. The zero-order valence-corrected chi connectivity index (χ0v) is 27.5. The third-order valence-corrected chi connectivity index (χ3v) is 7.44. The molecular formula is C32H27Cl3F6N6. The van der Waals surface area contributed by atoms with Gasteiger partial charge in [-0.1, -0.05) is 95.5 Å². The lowest BCUT2D eigenvalue weighted by molar-refractivity contribution is -0.138. The molecule has 0 saturated heterocycles. The summed E-state index contributed by atoms with van der Waals surface area (Å²) in [6.45, 7) is 3.99. The predicted molar refractivity (Wildman–Crippen MR) is 170 cm³/mol. The van der Waals surface area contributed by atoms with Gasteiger partial charge in [-0.05, 0) is 44.2 Å². The third kappa shape index (κ3) is 11.0. The highest BCUT2D eigenvalue weighted by Gasteiger charge is 2.37. The van der Waals surface area contributed by atoms with Crippen molar-refractivity contribution < 1.29 is 26.3 Å². The molecule has 2 heterocycles. The third-order valence-electron chi connectivity index (χ3n) is 6.70. The Hall–Kier alpha value is -4.07. The summed E-state index contributed by atoms with van der Waals surface area (Å²) >= 11 is 16.4. The molecule has 2 aromatic heterocycles. The number of anilines is 1. The molecule has 0 bridgehead atoms. The molecule has 0 fully saturated rings. The van der Waals surface area contributed by atoms with Gasteiger partial charge < -0.3 is 10.2 Å². The van der Waals surface area contributed by atoms with Crippen molar-refractivity contribution in [3.8, 4) is 12.1 Å². The van der Waals surface area contributed by atoms with Crippen LogP contribution in [-0.4, -0.2) is 24.1 Å². The van der Waals surface area contributed by atoms with Crippen LogP contribution in [0.2, 0.25) is 15.5 Å². The molecule has 1 N–H and O–H groups in total. The number of halogens is 9. The number of pyridine rings is 2. The maximum Gasteiger partial charge on any atom is 0.417 e. The van der Waals surface area contributed by atoms with Crippen molar-refractivity contribution in [2.45, 2.75) is 38.3 Å². The smallest absolute Gasteiger partial charge is 0.353 e. The van der Waals surface area contributed by atoms with Gasteiger partial charge in [0, 0.05) is 13.1 Å². The molecule has 6 nitrogen and oxygen atoms in total. The van der Waals surface area contributed by atoms with Gasteiger partial charge >= 0.3 is 12.4 Å². The molecule has 0 spiro atoms. The molecule has 15 heteroatoms. The molecular weight excluding hydrogens is 689 g/mol. The number of rotatable bonds is 5. The fourth-order valence-electron chi connectivity index (χ4n) is 3.89. The first kappa shape index (κ1) is 39.1. The summed E-state index contributed by atoms with van der Waals surface area (Å²) in [7, 11) is 3.60. The number of nitriles is 2. The standard InChI is InChI=1S/C16H13ClF3N3.C9H13N.C7HCl2F3N2/c1-10(11-6-4-3-5-7-11)23(2)14-8-13(16(18,19)20)12(9-21)15(17)22-14;1-8(10-2)9-6-4-3-5-7-9;8-5-1-4(7(10,11)12)3(2-13)6(9)14-5/h3-8,10H,1-2H3;3-8,10H,1-2H3;1H/t10-;8-;/m11./s1. The molecule has 0 unspecified atom stereocenters. The second-order valence-electron chi connectivity index (χ2n) is 9.69. The SMILES string of the molecule is CN[C@H](C)c1ccccc1.C[C@H](c1ccccc1)N(C)c1cc(C(F)(F)F)c(C#N)c(Cl)n1.N#Cc1c(C(F)(F)F)cc(Cl)nc1Cl. The summed E-state index contributed by atoms with van der Waals surface area (Å²) in [5.74, 6) is 0.0534. The fraction of sp³-hybridized carbons (Fsp3) is 0.250. The highest BCUT2D eigenvalue weighted by Crippen LogP contribution is 2.38. The minimum atomic E-state index is -4.68. The van der Waals surface area contributed by atoms with Gasteiger partial charge in [-0.2, -0.15) is 36.9 Å². The summed E-state index contributed by atoms with van der Waals surface area (Å²) in [5, 5.41) is 19.1. The van der Waals surface area contributed by atoms with Crippen molar-refractivity contribution in [1.82, 2.24) is 15.3 Å². The number of aromatic nitrogens is 2. The largest absolute Gasteiger partial charge is 0.417 e. The van der Waals surface area contributed by atoms with Gasteiger partial charge in [0.05, 0.1) is 17.2 Å². The van der Waals surface area contributed by atoms with Gasteiger partial charge in [0.2, 0.25) is 0 Å². The molecule has 0 saturated carbocycles. The highest BCUT2D eigenvalue weighted by molar-refractivity contribution is 6.33. The summed E-state index contributed by atoms with van der Waals surface area (Å²) < 4.78 is 76.3. The van der Waals surface area contributed by atoms with Crippen LogP contribution in [0, 0.1) is 22.7 Å². The van der Waals surface area contributed by atoms with Gasteiger partial charge in [0.25, 0.3) is 0 Å². The summed E-state index contributed by atoms with van der Waals surface area (Å²) in [6, 6.07) is 24.1. The van der Waals surface area contributed by atoms with E-state index in [-0.39, 0.29) is 11.9 Å². The van der Waals surface area contributed by atoms with E-state index in [1.807, 2.05) is 50.4 Å². The van der Waals surface area contributed by atoms with Crippen LogP contribution < -0.4 is 10.2 Å². The van der Waals surface area contributed by atoms with E-state index in [1.165, 1.54) is 17.7 Å². The normalized spacial score (nSPS) is 12.2. The van der Waals surface area contributed by atoms with E-state index in [4.69, 9.17) is 45.3 Å². The van der Waals surface area contributed by atoms with E-state index in [0.717, 1.165) is 11.6 Å². The van der Waals surface area contributed by atoms with Crippen molar-refractivity contribution in [3.63, 3.8) is 0 Å². The Labute approximate surface area is 283 Å². The Morgan fingerprint density at radius 2 is 1.15 bits per heavy atom. The van der Waals surface area contributed by atoms with E-state index in [9.17, 15) is 26.3 Å². The van der Waals surface area contributed by atoms with Gasteiger partial charge in [-0.25, -0.2) is 9.97 Å². The summed E-state index contributed by atoms with van der Waals surface area (Å²) in [4.78, 5) is 8.84. The quantitative estimate of drug-likeness (QED) is 0.164. The van der Waals surface area contributed by atoms with Gasteiger partial charge in [-0.3, -0.25) is 0 Å². The highest BCUT2D eigenvalue weighted by atomic mass is 35.5. The second-order valence-corrected chi connectivity index (χ2v) is 10.8. The van der Waals surface area contributed by atoms with Crippen molar-refractivity contribution in [3.05, 3.63) is 122 Å². The molecule has 2 aromatic carbocycles. The molecule has 0 radical (unpaired) electrons. The van der Waals surface area contributed by atoms with Crippen LogP contribution in [0.4, 0.5) is 32.2 Å². The molecule has 2 atom stereocenters. The van der Waals surface area contributed by atoms with E-state index in [0.29, 0.717) is 12.1 Å². The topological polar surface area (TPSA) is 88.6 Å². The van der Waals surface area contributed by atoms with Crippen LogP contribution in [0.3, 0.4) is 0 Å². The molecule has 4 rings (SSSR count). The van der Waals surface area contributed by atoms with Gasteiger partial charge in [0.15, 0.2) is 0 Å². The van der Waals surface area contributed by atoms with Crippen LogP contribution in [-0.2, 0) is 12.4 Å². The zero-order chi connectivity index (χ0) is 35.5. The van der Waals surface area contributed by atoms with Crippen LogP contribution in [0.15, 0.2) is 72.8 Å². The lowest BCUT2D eigenvalue weighted by atomic mass is 10.1. The molecule has 0 aliphatic rings. The molecule has 0 aliphatic heterocycles. The second kappa shape index (κ2) is 17.2. The zero-order valence-electron chi connectivity index (χ0n) is 25.2. The Morgan fingerprint density at radius 1 is 0.723 bits per heavy atom. The lowest BCUT2D eigenvalue weighted by Gasteiger charge is -2.27. The number of hydrogen-bond acceptors (Lipinski definition) is 6. The van der Waals surface area contributed by atoms with E-state index >= 15 is 0 Å². The lowest BCUT2D eigenvalue weighted by Crippen LogP contribution is -2.24. The van der Waals surface area contributed by atoms with Gasteiger partial charge in [0.1, 0.15) is 44.5 Å². The first-order chi connectivity index (χ1) is 22.0.